The van der Waals surface area contributed by atoms with Gasteiger partial charge in [0.15, 0.2) is 0 Å². The largest absolute Gasteiger partial charge is 0.316 e. The lowest BCUT2D eigenvalue weighted by atomic mass is 10.2. The highest BCUT2D eigenvalue weighted by Gasteiger charge is 2.29. The molecule has 0 aliphatic heterocycles. The van der Waals surface area contributed by atoms with Crippen LogP contribution in [0.1, 0.15) is 12.8 Å². The van der Waals surface area contributed by atoms with Crippen molar-refractivity contribution < 1.29 is 0 Å². The number of hydrogen-bond donors (Lipinski definition) is 1. The lowest BCUT2D eigenvalue weighted by molar-refractivity contribution is 0.554. The van der Waals surface area contributed by atoms with Gasteiger partial charge in [0, 0.05) is 16.7 Å². The van der Waals surface area contributed by atoms with E-state index in [0.717, 1.165) is 11.7 Å². The van der Waals surface area contributed by atoms with Gasteiger partial charge in [-0.05, 0) is 44.0 Å². The second-order valence-electron chi connectivity index (χ2n) is 4.12. The molecule has 1 aromatic rings. The molecule has 1 N–H and O–H groups in total. The van der Waals surface area contributed by atoms with Crippen molar-refractivity contribution in [2.75, 3.05) is 12.8 Å². The van der Waals surface area contributed by atoms with Crippen LogP contribution in [0.25, 0.3) is 0 Å². The average molecular weight is 276 g/mol. The van der Waals surface area contributed by atoms with Crippen molar-refractivity contribution in [1.29, 1.82) is 0 Å². The molecule has 4 heteroatoms. The van der Waals surface area contributed by atoms with E-state index in [1.807, 2.05) is 37.0 Å². The van der Waals surface area contributed by atoms with Crippen LogP contribution < -0.4 is 5.32 Å². The predicted molar refractivity (Wildman–Crippen MR) is 72.8 cm³/mol. The molecule has 0 aromatic heterocycles. The Morgan fingerprint density at radius 3 is 2.69 bits per heavy atom. The SMILES string of the molecule is CNC(CSc1ccc(Cl)c(Cl)c1)C1CC1. The molecule has 1 fully saturated rings. The van der Waals surface area contributed by atoms with E-state index >= 15 is 0 Å². The van der Waals surface area contributed by atoms with Gasteiger partial charge in [-0.1, -0.05) is 23.2 Å². The van der Waals surface area contributed by atoms with Crippen molar-refractivity contribution in [3.63, 3.8) is 0 Å². The summed E-state index contributed by atoms with van der Waals surface area (Å²) in [5.74, 6) is 1.97. The van der Waals surface area contributed by atoms with Gasteiger partial charge in [0.2, 0.25) is 0 Å². The van der Waals surface area contributed by atoms with Gasteiger partial charge in [-0.3, -0.25) is 0 Å². The van der Waals surface area contributed by atoms with Crippen LogP contribution in [-0.2, 0) is 0 Å². The zero-order chi connectivity index (χ0) is 11.5. The minimum absolute atomic E-state index is 0.623. The van der Waals surface area contributed by atoms with Crippen LogP contribution in [0.2, 0.25) is 10.0 Å². The molecule has 1 nitrogen and oxygen atoms in total. The van der Waals surface area contributed by atoms with E-state index in [0.29, 0.717) is 16.1 Å². The molecule has 2 rings (SSSR count). The van der Waals surface area contributed by atoms with Gasteiger partial charge in [-0.25, -0.2) is 0 Å². The number of nitrogens with one attached hydrogen (secondary N) is 1. The highest BCUT2D eigenvalue weighted by molar-refractivity contribution is 7.99. The third-order valence-corrected chi connectivity index (χ3v) is 4.73. The van der Waals surface area contributed by atoms with Crippen molar-refractivity contribution in [2.24, 2.45) is 5.92 Å². The molecule has 1 aromatic carbocycles. The summed E-state index contributed by atoms with van der Waals surface area (Å²) in [7, 11) is 2.04. The summed E-state index contributed by atoms with van der Waals surface area (Å²) in [5.41, 5.74) is 0. The van der Waals surface area contributed by atoms with Gasteiger partial charge in [0.25, 0.3) is 0 Å². The Balaban J connectivity index is 1.90. The van der Waals surface area contributed by atoms with Crippen molar-refractivity contribution in [3.05, 3.63) is 28.2 Å². The smallest absolute Gasteiger partial charge is 0.0603 e. The van der Waals surface area contributed by atoms with Crippen molar-refractivity contribution in [1.82, 2.24) is 5.32 Å². The second kappa shape index (κ2) is 5.63. The molecule has 88 valence electrons. The van der Waals surface area contributed by atoms with Gasteiger partial charge >= 0.3 is 0 Å². The highest BCUT2D eigenvalue weighted by Crippen LogP contribution is 2.35. The molecular weight excluding hydrogens is 261 g/mol. The first-order valence-corrected chi connectivity index (χ1v) is 7.20. The molecular formula is C12H15Cl2NS. The maximum atomic E-state index is 5.98. The van der Waals surface area contributed by atoms with E-state index in [-0.39, 0.29) is 0 Å². The molecule has 0 saturated heterocycles. The van der Waals surface area contributed by atoms with Crippen molar-refractivity contribution in [2.45, 2.75) is 23.8 Å². The number of thioether (sulfide) groups is 1. The number of rotatable bonds is 5. The summed E-state index contributed by atoms with van der Waals surface area (Å²) in [4.78, 5) is 1.19. The van der Waals surface area contributed by atoms with Crippen LogP contribution >= 0.6 is 35.0 Å². The summed E-state index contributed by atoms with van der Waals surface area (Å²) in [5, 5.41) is 4.64. The summed E-state index contributed by atoms with van der Waals surface area (Å²) < 4.78 is 0. The molecule has 0 amide bonds. The fraction of sp³-hybridized carbons (Fsp3) is 0.500. The van der Waals surface area contributed by atoms with E-state index < -0.39 is 0 Å². The third-order valence-electron chi connectivity index (χ3n) is 2.88. The van der Waals surface area contributed by atoms with Crippen LogP contribution in [0.5, 0.6) is 0 Å². The minimum Gasteiger partial charge on any atom is -0.316 e. The summed E-state index contributed by atoms with van der Waals surface area (Å²) in [6, 6.07) is 6.45. The first-order chi connectivity index (χ1) is 7.70. The molecule has 0 radical (unpaired) electrons. The molecule has 0 bridgehead atoms. The average Bonchev–Trinajstić information content (AvgIpc) is 3.08. The maximum absolute atomic E-state index is 5.98. The van der Waals surface area contributed by atoms with E-state index in [9.17, 15) is 0 Å². The van der Waals surface area contributed by atoms with E-state index in [4.69, 9.17) is 23.2 Å². The Hall–Kier alpha value is 0.110. The molecule has 1 aliphatic rings. The minimum atomic E-state index is 0.623. The molecule has 0 spiro atoms. The van der Waals surface area contributed by atoms with Crippen LogP contribution in [0.15, 0.2) is 23.1 Å². The zero-order valence-corrected chi connectivity index (χ0v) is 11.5. The topological polar surface area (TPSA) is 12.0 Å². The van der Waals surface area contributed by atoms with Gasteiger partial charge in [-0.15, -0.1) is 11.8 Å². The molecule has 1 aliphatic carbocycles. The van der Waals surface area contributed by atoms with Gasteiger partial charge in [-0.2, -0.15) is 0 Å². The number of halogens is 2. The predicted octanol–water partition coefficient (Wildman–Crippen LogP) is 4.08. The molecule has 1 saturated carbocycles. The monoisotopic (exact) mass is 275 g/mol. The molecule has 1 atom stereocenters. The summed E-state index contributed by atoms with van der Waals surface area (Å²) in [6.45, 7) is 0. The Labute approximate surface area is 111 Å². The first-order valence-electron chi connectivity index (χ1n) is 5.46. The lowest BCUT2D eigenvalue weighted by Gasteiger charge is -2.14. The van der Waals surface area contributed by atoms with Crippen molar-refractivity contribution >= 4 is 35.0 Å². The number of benzene rings is 1. The molecule has 0 heterocycles. The summed E-state index contributed by atoms with van der Waals surface area (Å²) >= 11 is 13.7. The lowest BCUT2D eigenvalue weighted by Crippen LogP contribution is -2.29. The van der Waals surface area contributed by atoms with Crippen LogP contribution in [-0.4, -0.2) is 18.8 Å². The quantitative estimate of drug-likeness (QED) is 0.813. The fourth-order valence-electron chi connectivity index (χ4n) is 1.71. The van der Waals surface area contributed by atoms with Gasteiger partial charge in [0.05, 0.1) is 10.0 Å². The zero-order valence-electron chi connectivity index (χ0n) is 9.17. The van der Waals surface area contributed by atoms with Crippen molar-refractivity contribution in [3.8, 4) is 0 Å². The van der Waals surface area contributed by atoms with E-state index in [1.165, 1.54) is 17.7 Å². The van der Waals surface area contributed by atoms with Crippen LogP contribution in [0, 0.1) is 5.92 Å². The Kier molecular flexibility index (Phi) is 4.42. The Morgan fingerprint density at radius 1 is 1.38 bits per heavy atom. The second-order valence-corrected chi connectivity index (χ2v) is 6.03. The Bertz CT molecular complexity index is 366. The maximum Gasteiger partial charge on any atom is 0.0603 e. The van der Waals surface area contributed by atoms with E-state index in [2.05, 4.69) is 5.32 Å². The normalized spacial score (nSPS) is 17.4. The molecule has 16 heavy (non-hydrogen) atoms. The van der Waals surface area contributed by atoms with E-state index in [1.54, 1.807) is 0 Å². The third kappa shape index (κ3) is 3.30. The first kappa shape index (κ1) is 12.6. The van der Waals surface area contributed by atoms with Crippen LogP contribution in [0.3, 0.4) is 0 Å². The fourth-order valence-corrected chi connectivity index (χ4v) is 3.25. The van der Waals surface area contributed by atoms with Gasteiger partial charge in [0.1, 0.15) is 0 Å². The Morgan fingerprint density at radius 2 is 2.12 bits per heavy atom. The van der Waals surface area contributed by atoms with Crippen LogP contribution in [0.4, 0.5) is 0 Å². The number of hydrogen-bond acceptors (Lipinski definition) is 2. The summed E-state index contributed by atoms with van der Waals surface area (Å²) in [6.07, 6.45) is 2.74. The standard InChI is InChI=1S/C12H15Cl2NS/c1-15-12(8-2-3-8)7-16-9-4-5-10(13)11(14)6-9/h4-6,8,12,15H,2-3,7H2,1H3. The molecule has 1 unspecified atom stereocenters. The highest BCUT2D eigenvalue weighted by atomic mass is 35.5. The van der Waals surface area contributed by atoms with Gasteiger partial charge < -0.3 is 5.32 Å².